The Hall–Kier alpha value is -2.12. The fourth-order valence-electron chi connectivity index (χ4n) is 2.76. The molecule has 0 radical (unpaired) electrons. The number of aryl methyl sites for hydroxylation is 1. The molecule has 0 saturated carbocycles. The lowest BCUT2D eigenvalue weighted by Gasteiger charge is -2.29. The minimum Gasteiger partial charge on any atom is -0.394 e. The quantitative estimate of drug-likeness (QED) is 0.756. The molecule has 2 rings (SSSR count). The zero-order chi connectivity index (χ0) is 19.7. The largest absolute Gasteiger partial charge is 0.394 e. The van der Waals surface area contributed by atoms with E-state index in [1.54, 1.807) is 38.1 Å². The molecule has 26 heavy (non-hydrogen) atoms. The van der Waals surface area contributed by atoms with Crippen LogP contribution in [0.25, 0.3) is 11.0 Å². The Kier molecular flexibility index (Phi) is 5.63. The maximum atomic E-state index is 12.9. The fourth-order valence-corrected chi connectivity index (χ4v) is 2.76. The van der Waals surface area contributed by atoms with E-state index in [9.17, 15) is 19.8 Å². The molecular weight excluding hydrogens is 334 g/mol. The van der Waals surface area contributed by atoms with Gasteiger partial charge in [0.25, 0.3) is 0 Å². The number of carbonyl (C=O) groups excluding carboxylic acids is 1. The van der Waals surface area contributed by atoms with E-state index in [4.69, 9.17) is 0 Å². The van der Waals surface area contributed by atoms with Crippen LogP contribution in [0.2, 0.25) is 0 Å². The van der Waals surface area contributed by atoms with Crippen LogP contribution in [0, 0.1) is 5.41 Å². The summed E-state index contributed by atoms with van der Waals surface area (Å²) in [4.78, 5) is 25.7. The molecule has 144 valence electrons. The molecule has 0 aliphatic rings. The molecule has 0 bridgehead atoms. The van der Waals surface area contributed by atoms with Gasteiger partial charge in [0.15, 0.2) is 0 Å². The van der Waals surface area contributed by atoms with E-state index < -0.39 is 23.4 Å². The lowest BCUT2D eigenvalue weighted by atomic mass is 9.87. The number of aromatic nitrogens is 2. The first-order chi connectivity index (χ1) is 12.0. The molecule has 2 aromatic rings. The number of amides is 1. The van der Waals surface area contributed by atoms with Gasteiger partial charge in [-0.1, -0.05) is 32.9 Å². The first-order valence-corrected chi connectivity index (χ1v) is 8.80. The number of hydrogen-bond donors (Lipinski definition) is 3. The number of nitrogens with one attached hydrogen (secondary N) is 1. The summed E-state index contributed by atoms with van der Waals surface area (Å²) in [5.74, 6) is 0. The zero-order valence-electron chi connectivity index (χ0n) is 16.1. The first kappa shape index (κ1) is 20.2. The van der Waals surface area contributed by atoms with Crippen molar-refractivity contribution < 1.29 is 15.0 Å². The first-order valence-electron chi connectivity index (χ1n) is 8.80. The predicted octanol–water partition coefficient (Wildman–Crippen LogP) is 1.93. The van der Waals surface area contributed by atoms with E-state index in [0.717, 1.165) is 4.57 Å². The molecule has 0 aliphatic carbocycles. The summed E-state index contributed by atoms with van der Waals surface area (Å²) in [6.07, 6.45) is 0.379. The highest BCUT2D eigenvalue weighted by atomic mass is 16.3. The van der Waals surface area contributed by atoms with Crippen molar-refractivity contribution >= 4 is 17.1 Å². The van der Waals surface area contributed by atoms with Gasteiger partial charge in [0, 0.05) is 6.54 Å². The third kappa shape index (κ3) is 4.34. The van der Waals surface area contributed by atoms with E-state index in [1.165, 1.54) is 4.57 Å². The van der Waals surface area contributed by atoms with Gasteiger partial charge in [-0.2, -0.15) is 0 Å². The maximum absolute atomic E-state index is 12.9. The summed E-state index contributed by atoms with van der Waals surface area (Å²) in [5.41, 5.74) is -0.602. The number of benzene rings is 1. The molecule has 7 heteroatoms. The Balaban J connectivity index is 2.46. The van der Waals surface area contributed by atoms with Crippen molar-refractivity contribution in [3.05, 3.63) is 34.7 Å². The monoisotopic (exact) mass is 363 g/mol. The second-order valence-electron chi connectivity index (χ2n) is 8.37. The van der Waals surface area contributed by atoms with Gasteiger partial charge in [-0.3, -0.25) is 4.57 Å². The fraction of sp³-hybridized carbons (Fsp3) is 0.579. The molecule has 1 aromatic carbocycles. The summed E-state index contributed by atoms with van der Waals surface area (Å²) in [7, 11) is 0. The van der Waals surface area contributed by atoms with E-state index >= 15 is 0 Å². The number of para-hydroxylation sites is 2. The second-order valence-corrected chi connectivity index (χ2v) is 8.37. The average molecular weight is 363 g/mol. The molecule has 1 heterocycles. The van der Waals surface area contributed by atoms with Crippen LogP contribution < -0.4 is 11.0 Å². The molecule has 1 atom stereocenters. The van der Waals surface area contributed by atoms with Crippen molar-refractivity contribution in [1.29, 1.82) is 0 Å². The summed E-state index contributed by atoms with van der Waals surface area (Å²) >= 11 is 0. The van der Waals surface area contributed by atoms with Crippen LogP contribution in [0.4, 0.5) is 4.79 Å². The number of hydrogen-bond acceptors (Lipinski definition) is 4. The van der Waals surface area contributed by atoms with E-state index in [0.29, 0.717) is 24.0 Å². The van der Waals surface area contributed by atoms with Crippen molar-refractivity contribution in [1.82, 2.24) is 14.5 Å². The van der Waals surface area contributed by atoms with E-state index in [-0.39, 0.29) is 12.0 Å². The van der Waals surface area contributed by atoms with Crippen molar-refractivity contribution in [2.45, 2.75) is 59.2 Å². The normalized spacial score (nSPS) is 13.8. The zero-order valence-corrected chi connectivity index (χ0v) is 16.1. The Morgan fingerprint density at radius 2 is 1.73 bits per heavy atom. The Morgan fingerprint density at radius 3 is 2.23 bits per heavy atom. The highest BCUT2D eigenvalue weighted by molar-refractivity contribution is 5.89. The molecule has 7 nitrogen and oxygen atoms in total. The minimum atomic E-state index is -0.918. The molecule has 0 unspecified atom stereocenters. The van der Waals surface area contributed by atoms with E-state index in [2.05, 4.69) is 5.32 Å². The summed E-state index contributed by atoms with van der Waals surface area (Å²) < 4.78 is 2.59. The standard InChI is InChI=1S/C19H29N3O4/c1-18(2,3)15(12-23)20-16(24)22-14-9-7-6-8-13(14)21(17(22)25)11-10-19(4,5)26/h6-9,15,23,26H,10-12H2,1-5H3,(H,20,24)/t15-/m1/s1. The lowest BCUT2D eigenvalue weighted by molar-refractivity contribution is 0.0662. The highest BCUT2D eigenvalue weighted by Gasteiger charge is 2.28. The van der Waals surface area contributed by atoms with Gasteiger partial charge in [-0.15, -0.1) is 0 Å². The third-order valence-electron chi connectivity index (χ3n) is 4.51. The number of nitrogens with zero attached hydrogens (tertiary/aromatic N) is 2. The van der Waals surface area contributed by atoms with Gasteiger partial charge in [0.1, 0.15) is 0 Å². The third-order valence-corrected chi connectivity index (χ3v) is 4.51. The van der Waals surface area contributed by atoms with Crippen LogP contribution in [-0.2, 0) is 6.54 Å². The van der Waals surface area contributed by atoms with Gasteiger partial charge in [-0.25, -0.2) is 14.2 Å². The lowest BCUT2D eigenvalue weighted by Crippen LogP contribution is -2.49. The smallest absolute Gasteiger partial charge is 0.337 e. The molecule has 0 aliphatic heterocycles. The molecule has 0 saturated heterocycles. The molecule has 0 fully saturated rings. The second kappa shape index (κ2) is 7.25. The minimum absolute atomic E-state index is 0.221. The van der Waals surface area contributed by atoms with Gasteiger partial charge >= 0.3 is 11.7 Å². The highest BCUT2D eigenvalue weighted by Crippen LogP contribution is 2.20. The average Bonchev–Trinajstić information content (AvgIpc) is 2.80. The van der Waals surface area contributed by atoms with Crippen LogP contribution in [0.3, 0.4) is 0 Å². The van der Waals surface area contributed by atoms with Crippen molar-refractivity contribution in [3.8, 4) is 0 Å². The van der Waals surface area contributed by atoms with Gasteiger partial charge in [0.05, 0.1) is 29.3 Å². The predicted molar refractivity (Wildman–Crippen MR) is 101 cm³/mol. The van der Waals surface area contributed by atoms with Crippen LogP contribution in [-0.4, -0.2) is 43.6 Å². The van der Waals surface area contributed by atoms with Crippen molar-refractivity contribution in [3.63, 3.8) is 0 Å². The molecular formula is C19H29N3O4. The van der Waals surface area contributed by atoms with Gasteiger partial charge < -0.3 is 15.5 Å². The maximum Gasteiger partial charge on any atom is 0.337 e. The van der Waals surface area contributed by atoms with Crippen molar-refractivity contribution in [2.24, 2.45) is 5.41 Å². The number of aliphatic hydroxyl groups excluding tert-OH is 1. The van der Waals surface area contributed by atoms with Gasteiger partial charge in [0.2, 0.25) is 0 Å². The number of aliphatic hydroxyl groups is 2. The van der Waals surface area contributed by atoms with Gasteiger partial charge in [-0.05, 0) is 37.8 Å². The van der Waals surface area contributed by atoms with Crippen LogP contribution >= 0.6 is 0 Å². The molecule has 1 amide bonds. The number of rotatable bonds is 5. The topological polar surface area (TPSA) is 96.5 Å². The Labute approximate surface area is 153 Å². The summed E-state index contributed by atoms with van der Waals surface area (Å²) in [5, 5.41) is 22.3. The number of carbonyl (C=O) groups is 1. The van der Waals surface area contributed by atoms with Crippen LogP contribution in [0.5, 0.6) is 0 Å². The number of imidazole rings is 1. The van der Waals surface area contributed by atoms with E-state index in [1.807, 2.05) is 20.8 Å². The van der Waals surface area contributed by atoms with Crippen LogP contribution in [0.1, 0.15) is 41.0 Å². The Morgan fingerprint density at radius 1 is 1.15 bits per heavy atom. The molecule has 0 spiro atoms. The molecule has 1 aromatic heterocycles. The Bertz CT molecular complexity index is 837. The summed E-state index contributed by atoms with van der Waals surface area (Å²) in [6.45, 7) is 9.15. The summed E-state index contributed by atoms with van der Waals surface area (Å²) in [6, 6.07) is 6.00. The number of fused-ring (bicyclic) bond motifs is 1. The van der Waals surface area contributed by atoms with Crippen LogP contribution in [0.15, 0.2) is 29.1 Å². The van der Waals surface area contributed by atoms with Crippen molar-refractivity contribution in [2.75, 3.05) is 6.61 Å². The molecule has 3 N–H and O–H groups in total. The SMILES string of the molecule is CC(C)(O)CCn1c(=O)n(C(=O)N[C@H](CO)C(C)(C)C)c2ccccc21.